The molecule has 0 spiro atoms. The molecular formula is C12H12BrN3O4. The van der Waals surface area contributed by atoms with Crippen LogP contribution in [0, 0.1) is 0 Å². The van der Waals surface area contributed by atoms with E-state index in [1.165, 1.54) is 0 Å². The second-order valence-electron chi connectivity index (χ2n) is 4.11. The summed E-state index contributed by atoms with van der Waals surface area (Å²) in [5.41, 5.74) is 2.32. The number of imide groups is 1. The van der Waals surface area contributed by atoms with Crippen LogP contribution in [0.3, 0.4) is 0 Å². The zero-order valence-electron chi connectivity index (χ0n) is 10.6. The number of amides is 4. The molecule has 106 valence electrons. The van der Waals surface area contributed by atoms with Gasteiger partial charge in [0.05, 0.1) is 4.47 Å². The summed E-state index contributed by atoms with van der Waals surface area (Å²) in [5, 5.41) is 2.96. The molecule has 1 saturated heterocycles. The molecule has 2 N–H and O–H groups in total. The quantitative estimate of drug-likeness (QED) is 0.793. The first-order valence-electron chi connectivity index (χ1n) is 5.80. The van der Waals surface area contributed by atoms with Crippen molar-refractivity contribution in [3.05, 3.63) is 28.7 Å². The summed E-state index contributed by atoms with van der Waals surface area (Å²) < 4.78 is 6.19. The molecule has 7 nitrogen and oxygen atoms in total. The molecule has 0 saturated carbocycles. The summed E-state index contributed by atoms with van der Waals surface area (Å²) in [6.45, 7) is 1.34. The number of urea groups is 1. The average Bonchev–Trinajstić information content (AvgIpc) is 2.70. The Bertz CT molecular complexity index is 563. The fourth-order valence-corrected chi connectivity index (χ4v) is 1.92. The average molecular weight is 342 g/mol. The maximum Gasteiger partial charge on any atom is 0.343 e. The number of hydrogen-bond donors (Lipinski definition) is 2. The van der Waals surface area contributed by atoms with E-state index in [1.54, 1.807) is 25.1 Å². The number of carbonyl (C=O) groups is 3. The van der Waals surface area contributed by atoms with Crippen molar-refractivity contribution in [2.24, 2.45) is 0 Å². The molecule has 8 heteroatoms. The second-order valence-corrected chi connectivity index (χ2v) is 4.96. The van der Waals surface area contributed by atoms with E-state index in [0.717, 1.165) is 5.01 Å². The molecule has 1 aliphatic rings. The van der Waals surface area contributed by atoms with E-state index in [4.69, 9.17) is 4.74 Å². The van der Waals surface area contributed by atoms with E-state index < -0.39 is 23.9 Å². The Hall–Kier alpha value is -2.09. The highest BCUT2D eigenvalue weighted by Crippen LogP contribution is 2.24. The maximum absolute atomic E-state index is 11.9. The van der Waals surface area contributed by atoms with E-state index >= 15 is 0 Å². The van der Waals surface area contributed by atoms with Crippen molar-refractivity contribution >= 4 is 33.8 Å². The number of rotatable bonds is 4. The van der Waals surface area contributed by atoms with Gasteiger partial charge in [-0.2, -0.15) is 0 Å². The van der Waals surface area contributed by atoms with Crippen LogP contribution >= 0.6 is 15.9 Å². The van der Waals surface area contributed by atoms with Crippen LogP contribution < -0.4 is 15.5 Å². The van der Waals surface area contributed by atoms with Gasteiger partial charge in [0.15, 0.2) is 6.10 Å². The van der Waals surface area contributed by atoms with E-state index in [-0.39, 0.29) is 6.54 Å². The first-order chi connectivity index (χ1) is 9.47. The molecule has 1 fully saturated rings. The molecule has 1 aromatic carbocycles. The van der Waals surface area contributed by atoms with Gasteiger partial charge < -0.3 is 4.74 Å². The molecule has 4 amide bonds. The maximum atomic E-state index is 11.9. The monoisotopic (exact) mass is 341 g/mol. The number of para-hydroxylation sites is 1. The molecule has 0 radical (unpaired) electrons. The number of hydrazine groups is 1. The van der Waals surface area contributed by atoms with E-state index in [1.807, 2.05) is 6.07 Å². The first-order valence-corrected chi connectivity index (χ1v) is 6.59. The highest BCUT2D eigenvalue weighted by atomic mass is 79.9. The van der Waals surface area contributed by atoms with Gasteiger partial charge in [0.1, 0.15) is 12.3 Å². The first kappa shape index (κ1) is 14.3. The minimum Gasteiger partial charge on any atom is -0.480 e. The summed E-state index contributed by atoms with van der Waals surface area (Å²) in [6.07, 6.45) is -0.822. The number of halogens is 1. The molecule has 0 aromatic heterocycles. The standard InChI is InChI=1S/C12H12BrN3O4/c1-7(20-9-5-3-2-4-8(9)13)11(18)15-16-6-10(17)14-12(16)19/h2-5,7H,6H2,1H3,(H,15,18)(H,14,17,19). The Morgan fingerprint density at radius 3 is 2.75 bits per heavy atom. The third-order valence-corrected chi connectivity index (χ3v) is 3.20. The molecule has 1 aromatic rings. The number of ether oxygens (including phenoxy) is 1. The zero-order valence-corrected chi connectivity index (χ0v) is 12.1. The van der Waals surface area contributed by atoms with Gasteiger partial charge in [-0.15, -0.1) is 0 Å². The van der Waals surface area contributed by atoms with Crippen LogP contribution in [0.2, 0.25) is 0 Å². The number of hydrogen-bond acceptors (Lipinski definition) is 4. The van der Waals surface area contributed by atoms with Crippen LogP contribution in [0.25, 0.3) is 0 Å². The molecule has 2 rings (SSSR count). The molecular weight excluding hydrogens is 330 g/mol. The van der Waals surface area contributed by atoms with E-state index in [9.17, 15) is 14.4 Å². The van der Waals surface area contributed by atoms with Crippen molar-refractivity contribution < 1.29 is 19.1 Å². The molecule has 1 atom stereocenters. The number of nitrogens with one attached hydrogen (secondary N) is 2. The van der Waals surface area contributed by atoms with Gasteiger partial charge in [0.2, 0.25) is 5.91 Å². The van der Waals surface area contributed by atoms with Crippen LogP contribution in [-0.4, -0.2) is 35.5 Å². The minimum absolute atomic E-state index is 0.202. The van der Waals surface area contributed by atoms with Gasteiger partial charge in [0, 0.05) is 0 Å². The van der Waals surface area contributed by atoms with Crippen LogP contribution in [-0.2, 0) is 9.59 Å². The molecule has 0 aliphatic carbocycles. The summed E-state index contributed by atoms with van der Waals surface area (Å²) in [6, 6.07) is 6.43. The van der Waals surface area contributed by atoms with Crippen molar-refractivity contribution in [2.75, 3.05) is 6.54 Å². The van der Waals surface area contributed by atoms with Crippen molar-refractivity contribution in [1.29, 1.82) is 0 Å². The predicted octanol–water partition coefficient (Wildman–Crippen LogP) is 0.799. The third-order valence-electron chi connectivity index (χ3n) is 2.55. The molecule has 1 unspecified atom stereocenters. The van der Waals surface area contributed by atoms with Crippen LogP contribution in [0.5, 0.6) is 5.75 Å². The second kappa shape index (κ2) is 5.91. The molecule has 1 heterocycles. The lowest BCUT2D eigenvalue weighted by atomic mass is 10.3. The zero-order chi connectivity index (χ0) is 14.7. The largest absolute Gasteiger partial charge is 0.480 e. The number of carbonyl (C=O) groups excluding carboxylic acids is 3. The molecule has 20 heavy (non-hydrogen) atoms. The number of benzene rings is 1. The topological polar surface area (TPSA) is 87.7 Å². The Kier molecular flexibility index (Phi) is 4.23. The normalized spacial score (nSPS) is 15.8. The van der Waals surface area contributed by atoms with E-state index in [2.05, 4.69) is 26.7 Å². The Morgan fingerprint density at radius 2 is 2.15 bits per heavy atom. The van der Waals surface area contributed by atoms with Crippen LogP contribution in [0.4, 0.5) is 4.79 Å². The highest BCUT2D eigenvalue weighted by molar-refractivity contribution is 9.10. The van der Waals surface area contributed by atoms with Crippen molar-refractivity contribution in [1.82, 2.24) is 15.8 Å². The van der Waals surface area contributed by atoms with Gasteiger partial charge in [-0.3, -0.25) is 20.3 Å². The van der Waals surface area contributed by atoms with Gasteiger partial charge in [-0.05, 0) is 35.0 Å². The predicted molar refractivity (Wildman–Crippen MR) is 72.6 cm³/mol. The summed E-state index contributed by atoms with van der Waals surface area (Å²) in [5.74, 6) is -0.475. The van der Waals surface area contributed by atoms with Crippen molar-refractivity contribution in [3.8, 4) is 5.75 Å². The fraction of sp³-hybridized carbons (Fsp3) is 0.250. The van der Waals surface area contributed by atoms with E-state index in [0.29, 0.717) is 10.2 Å². The summed E-state index contributed by atoms with van der Waals surface area (Å²) >= 11 is 3.30. The molecule has 1 aliphatic heterocycles. The highest BCUT2D eigenvalue weighted by Gasteiger charge is 2.29. The lowest BCUT2D eigenvalue weighted by molar-refractivity contribution is -0.131. The van der Waals surface area contributed by atoms with Crippen molar-refractivity contribution in [2.45, 2.75) is 13.0 Å². The lowest BCUT2D eigenvalue weighted by Gasteiger charge is -2.19. The van der Waals surface area contributed by atoms with Gasteiger partial charge in [-0.1, -0.05) is 12.1 Å². The Morgan fingerprint density at radius 1 is 1.45 bits per heavy atom. The van der Waals surface area contributed by atoms with Crippen molar-refractivity contribution in [3.63, 3.8) is 0 Å². The van der Waals surface area contributed by atoms with Crippen LogP contribution in [0.15, 0.2) is 28.7 Å². The molecule has 0 bridgehead atoms. The smallest absolute Gasteiger partial charge is 0.343 e. The van der Waals surface area contributed by atoms with Gasteiger partial charge >= 0.3 is 6.03 Å². The Labute approximate surface area is 123 Å². The SMILES string of the molecule is CC(Oc1ccccc1Br)C(=O)NN1CC(=O)NC1=O. The van der Waals surface area contributed by atoms with Gasteiger partial charge in [-0.25, -0.2) is 9.80 Å². The van der Waals surface area contributed by atoms with Gasteiger partial charge in [0.25, 0.3) is 5.91 Å². The lowest BCUT2D eigenvalue weighted by Crippen LogP contribution is -2.48. The summed E-state index contributed by atoms with van der Waals surface area (Å²) in [7, 11) is 0. The third kappa shape index (κ3) is 3.27. The minimum atomic E-state index is -0.822. The summed E-state index contributed by atoms with van der Waals surface area (Å²) in [4.78, 5) is 34.2. The van der Waals surface area contributed by atoms with Crippen LogP contribution in [0.1, 0.15) is 6.92 Å². The fourth-order valence-electron chi connectivity index (χ4n) is 1.54. The number of nitrogens with zero attached hydrogens (tertiary/aromatic N) is 1. The Balaban J connectivity index is 1.94.